The van der Waals surface area contributed by atoms with Crippen molar-refractivity contribution in [3.63, 3.8) is 0 Å². The van der Waals surface area contributed by atoms with Crippen LogP contribution in [0.15, 0.2) is 48.8 Å². The second kappa shape index (κ2) is 5.92. The Kier molecular flexibility index (Phi) is 4.24. The van der Waals surface area contributed by atoms with Gasteiger partial charge >= 0.3 is 0 Å². The number of aromatic nitrogens is 1. The molecule has 1 atom stereocenters. The highest BCUT2D eigenvalue weighted by molar-refractivity contribution is 7.92. The van der Waals surface area contributed by atoms with Crippen molar-refractivity contribution in [2.45, 2.75) is 13.0 Å². The Balaban J connectivity index is 2.12. The molecule has 0 amide bonds. The highest BCUT2D eigenvalue weighted by Crippen LogP contribution is 2.21. The first-order valence-electron chi connectivity index (χ1n) is 6.18. The number of rotatable bonds is 5. The zero-order valence-corrected chi connectivity index (χ0v) is 12.2. The van der Waals surface area contributed by atoms with Gasteiger partial charge in [-0.15, -0.1) is 0 Å². The van der Waals surface area contributed by atoms with Crippen LogP contribution in [0.5, 0.6) is 0 Å². The molecule has 20 heavy (non-hydrogen) atoms. The molecule has 0 saturated heterocycles. The maximum Gasteiger partial charge on any atom is 0.229 e. The number of pyridine rings is 1. The van der Waals surface area contributed by atoms with Crippen LogP contribution in [0.2, 0.25) is 0 Å². The van der Waals surface area contributed by atoms with Gasteiger partial charge in [-0.1, -0.05) is 6.07 Å². The molecule has 5 nitrogen and oxygen atoms in total. The van der Waals surface area contributed by atoms with E-state index in [1.807, 2.05) is 25.1 Å². The first kappa shape index (κ1) is 14.3. The van der Waals surface area contributed by atoms with Crippen LogP contribution in [0.25, 0.3) is 0 Å². The van der Waals surface area contributed by atoms with Crippen molar-refractivity contribution in [2.24, 2.45) is 0 Å². The van der Waals surface area contributed by atoms with E-state index < -0.39 is 10.0 Å². The largest absolute Gasteiger partial charge is 0.378 e. The van der Waals surface area contributed by atoms with Crippen LogP contribution in [0.4, 0.5) is 11.4 Å². The summed E-state index contributed by atoms with van der Waals surface area (Å²) in [6.07, 6.45) is 4.62. The van der Waals surface area contributed by atoms with E-state index >= 15 is 0 Å². The smallest absolute Gasteiger partial charge is 0.229 e. The summed E-state index contributed by atoms with van der Waals surface area (Å²) in [4.78, 5) is 3.98. The third-order valence-corrected chi connectivity index (χ3v) is 3.36. The summed E-state index contributed by atoms with van der Waals surface area (Å²) in [5.74, 6) is 0. The van der Waals surface area contributed by atoms with Gasteiger partial charge in [0.2, 0.25) is 10.0 Å². The Labute approximate surface area is 119 Å². The fraction of sp³-hybridized carbons (Fsp3) is 0.214. The molecule has 1 heterocycles. The molecule has 0 fully saturated rings. The molecule has 0 spiro atoms. The average molecular weight is 291 g/mol. The number of sulfonamides is 1. The van der Waals surface area contributed by atoms with Crippen molar-refractivity contribution < 1.29 is 8.42 Å². The van der Waals surface area contributed by atoms with Gasteiger partial charge in [0.15, 0.2) is 0 Å². The topological polar surface area (TPSA) is 71.1 Å². The zero-order chi connectivity index (χ0) is 14.6. The monoisotopic (exact) mass is 291 g/mol. The normalized spacial score (nSPS) is 12.7. The number of anilines is 2. The van der Waals surface area contributed by atoms with Crippen LogP contribution < -0.4 is 10.0 Å². The van der Waals surface area contributed by atoms with Gasteiger partial charge in [0, 0.05) is 24.1 Å². The lowest BCUT2D eigenvalue weighted by molar-refractivity contribution is 0.607. The van der Waals surface area contributed by atoms with Gasteiger partial charge in [0.05, 0.1) is 11.9 Å². The second-order valence-electron chi connectivity index (χ2n) is 4.60. The first-order chi connectivity index (χ1) is 9.44. The molecule has 106 valence electrons. The van der Waals surface area contributed by atoms with Crippen molar-refractivity contribution in [1.29, 1.82) is 0 Å². The molecule has 1 unspecified atom stereocenters. The standard InChI is InChI=1S/C14H17N3O2S/c1-11(12-6-8-15-9-7-12)16-13-4-3-5-14(10-13)17-20(2,18)19/h3-11,16-17H,1-2H3. The lowest BCUT2D eigenvalue weighted by Crippen LogP contribution is -2.10. The molecule has 0 aliphatic heterocycles. The van der Waals surface area contributed by atoms with Crippen molar-refractivity contribution in [3.8, 4) is 0 Å². The van der Waals surface area contributed by atoms with E-state index in [4.69, 9.17) is 0 Å². The fourth-order valence-electron chi connectivity index (χ4n) is 1.87. The fourth-order valence-corrected chi connectivity index (χ4v) is 2.43. The van der Waals surface area contributed by atoms with E-state index in [1.54, 1.807) is 30.6 Å². The van der Waals surface area contributed by atoms with Crippen molar-refractivity contribution in [3.05, 3.63) is 54.4 Å². The molecule has 0 bridgehead atoms. The van der Waals surface area contributed by atoms with E-state index in [0.29, 0.717) is 5.69 Å². The number of hydrogen-bond acceptors (Lipinski definition) is 4. The van der Waals surface area contributed by atoms with Crippen LogP contribution in [-0.4, -0.2) is 19.7 Å². The van der Waals surface area contributed by atoms with Gasteiger partial charge in [-0.25, -0.2) is 8.42 Å². The van der Waals surface area contributed by atoms with E-state index in [1.165, 1.54) is 0 Å². The van der Waals surface area contributed by atoms with Crippen molar-refractivity contribution in [2.75, 3.05) is 16.3 Å². The van der Waals surface area contributed by atoms with Crippen LogP contribution in [0, 0.1) is 0 Å². The van der Waals surface area contributed by atoms with Gasteiger partial charge in [0.25, 0.3) is 0 Å². The van der Waals surface area contributed by atoms with E-state index in [0.717, 1.165) is 17.5 Å². The van der Waals surface area contributed by atoms with Gasteiger partial charge in [-0.05, 0) is 42.8 Å². The zero-order valence-electron chi connectivity index (χ0n) is 11.4. The average Bonchev–Trinajstić information content (AvgIpc) is 2.38. The van der Waals surface area contributed by atoms with Crippen LogP contribution >= 0.6 is 0 Å². The second-order valence-corrected chi connectivity index (χ2v) is 6.35. The van der Waals surface area contributed by atoms with E-state index in [2.05, 4.69) is 15.0 Å². The Morgan fingerprint density at radius 3 is 2.40 bits per heavy atom. The van der Waals surface area contributed by atoms with Crippen LogP contribution in [0.1, 0.15) is 18.5 Å². The molecular formula is C14H17N3O2S. The van der Waals surface area contributed by atoms with Gasteiger partial charge in [0.1, 0.15) is 0 Å². The van der Waals surface area contributed by atoms with Crippen LogP contribution in [0.3, 0.4) is 0 Å². The predicted octanol–water partition coefficient (Wildman–Crippen LogP) is 2.63. The number of benzene rings is 1. The Morgan fingerprint density at radius 1 is 1.10 bits per heavy atom. The quantitative estimate of drug-likeness (QED) is 0.888. The third kappa shape index (κ3) is 4.24. The lowest BCUT2D eigenvalue weighted by Gasteiger charge is -2.16. The SMILES string of the molecule is CC(Nc1cccc(NS(C)(=O)=O)c1)c1ccncc1. The highest BCUT2D eigenvalue weighted by atomic mass is 32.2. The Hall–Kier alpha value is -2.08. The highest BCUT2D eigenvalue weighted by Gasteiger charge is 2.06. The summed E-state index contributed by atoms with van der Waals surface area (Å²) < 4.78 is 24.9. The van der Waals surface area contributed by atoms with Gasteiger partial charge in [-0.2, -0.15) is 0 Å². The molecule has 0 aliphatic carbocycles. The number of nitrogens with one attached hydrogen (secondary N) is 2. The van der Waals surface area contributed by atoms with E-state index in [-0.39, 0.29) is 6.04 Å². The number of hydrogen-bond donors (Lipinski definition) is 2. The molecule has 1 aromatic carbocycles. The molecule has 0 radical (unpaired) electrons. The lowest BCUT2D eigenvalue weighted by atomic mass is 10.1. The summed E-state index contributed by atoms with van der Waals surface area (Å²) in [5, 5.41) is 3.32. The number of nitrogens with zero attached hydrogens (tertiary/aromatic N) is 1. The Bertz CT molecular complexity index is 672. The van der Waals surface area contributed by atoms with Gasteiger partial charge < -0.3 is 5.32 Å². The van der Waals surface area contributed by atoms with E-state index in [9.17, 15) is 8.42 Å². The van der Waals surface area contributed by atoms with Gasteiger partial charge in [-0.3, -0.25) is 9.71 Å². The molecule has 6 heteroatoms. The molecule has 1 aromatic heterocycles. The maximum atomic E-state index is 11.2. The summed E-state index contributed by atoms with van der Waals surface area (Å²) in [7, 11) is -3.26. The first-order valence-corrected chi connectivity index (χ1v) is 8.07. The molecule has 0 aliphatic rings. The van der Waals surface area contributed by atoms with Crippen molar-refractivity contribution in [1.82, 2.24) is 4.98 Å². The summed E-state index contributed by atoms with van der Waals surface area (Å²) >= 11 is 0. The Morgan fingerprint density at radius 2 is 1.75 bits per heavy atom. The summed E-state index contributed by atoms with van der Waals surface area (Å²) in [6.45, 7) is 2.03. The molecule has 2 N–H and O–H groups in total. The minimum absolute atomic E-state index is 0.103. The molecule has 2 aromatic rings. The third-order valence-electron chi connectivity index (χ3n) is 2.76. The minimum Gasteiger partial charge on any atom is -0.378 e. The minimum atomic E-state index is -3.26. The summed E-state index contributed by atoms with van der Waals surface area (Å²) in [5.41, 5.74) is 2.50. The molecular weight excluding hydrogens is 274 g/mol. The molecule has 0 saturated carbocycles. The predicted molar refractivity (Wildman–Crippen MR) is 81.2 cm³/mol. The summed E-state index contributed by atoms with van der Waals surface area (Å²) in [6, 6.07) is 11.2. The maximum absolute atomic E-state index is 11.2. The van der Waals surface area contributed by atoms with Crippen LogP contribution in [-0.2, 0) is 10.0 Å². The van der Waals surface area contributed by atoms with Crippen molar-refractivity contribution >= 4 is 21.4 Å². The molecule has 2 rings (SSSR count).